The summed E-state index contributed by atoms with van der Waals surface area (Å²) in [6.07, 6.45) is 7.72. The number of fused-ring (bicyclic) bond motifs is 2. The van der Waals surface area contributed by atoms with Gasteiger partial charge in [-0.2, -0.15) is 0 Å². The molecule has 2 saturated carbocycles. The van der Waals surface area contributed by atoms with Gasteiger partial charge in [-0.3, -0.25) is 9.88 Å². The first-order valence-corrected chi connectivity index (χ1v) is 9.92. The van der Waals surface area contributed by atoms with E-state index < -0.39 is 0 Å². The summed E-state index contributed by atoms with van der Waals surface area (Å²) in [5.74, 6) is 2.01. The molecule has 6 heteroatoms. The molecule has 5 nitrogen and oxygen atoms in total. The molecule has 2 aromatic rings. The number of rotatable bonds is 3. The minimum atomic E-state index is 0.865. The number of anilines is 1. The van der Waals surface area contributed by atoms with Crippen molar-refractivity contribution in [3.8, 4) is 10.7 Å². The van der Waals surface area contributed by atoms with Crippen LogP contribution in [0.3, 0.4) is 0 Å². The molecule has 24 heavy (non-hydrogen) atoms. The third-order valence-corrected chi connectivity index (χ3v) is 7.06. The molecule has 3 aliphatic rings. The predicted octanol–water partition coefficient (Wildman–Crippen LogP) is 2.91. The molecular weight excluding hydrogens is 318 g/mol. The van der Waals surface area contributed by atoms with Crippen molar-refractivity contribution in [3.05, 3.63) is 24.4 Å². The summed E-state index contributed by atoms with van der Waals surface area (Å²) in [6, 6.07) is 6.79. The summed E-state index contributed by atoms with van der Waals surface area (Å²) in [7, 11) is 0. The van der Waals surface area contributed by atoms with Crippen LogP contribution < -0.4 is 4.90 Å². The van der Waals surface area contributed by atoms with Crippen LogP contribution in [-0.2, 0) is 0 Å². The molecule has 0 amide bonds. The van der Waals surface area contributed by atoms with Crippen LogP contribution in [0.15, 0.2) is 24.4 Å². The first-order valence-electron chi connectivity index (χ1n) is 9.11. The van der Waals surface area contributed by atoms with Crippen LogP contribution in [-0.4, -0.2) is 52.3 Å². The van der Waals surface area contributed by atoms with E-state index in [9.17, 15) is 0 Å². The minimum absolute atomic E-state index is 0.865. The number of pyridine rings is 1. The van der Waals surface area contributed by atoms with Crippen molar-refractivity contribution in [1.29, 1.82) is 0 Å². The fourth-order valence-corrected chi connectivity index (χ4v) is 5.71. The Kier molecular flexibility index (Phi) is 3.74. The fourth-order valence-electron chi connectivity index (χ4n) is 4.84. The highest BCUT2D eigenvalue weighted by Gasteiger charge is 2.42. The summed E-state index contributed by atoms with van der Waals surface area (Å²) in [5.41, 5.74) is 0.918. The lowest BCUT2D eigenvalue weighted by molar-refractivity contribution is 0.135. The molecular formula is C18H23N5S. The van der Waals surface area contributed by atoms with Gasteiger partial charge in [0.25, 0.3) is 0 Å². The molecule has 1 aliphatic heterocycles. The minimum Gasteiger partial charge on any atom is -0.344 e. The fraction of sp³-hybridized carbons (Fsp3) is 0.611. The molecule has 3 heterocycles. The third-order valence-electron chi connectivity index (χ3n) is 6.05. The van der Waals surface area contributed by atoms with Crippen molar-refractivity contribution < 1.29 is 0 Å². The van der Waals surface area contributed by atoms with E-state index in [1.54, 1.807) is 11.3 Å². The Morgan fingerprint density at radius 3 is 2.62 bits per heavy atom. The van der Waals surface area contributed by atoms with Gasteiger partial charge in [-0.15, -0.1) is 10.2 Å². The Morgan fingerprint density at radius 2 is 1.92 bits per heavy atom. The molecule has 2 aliphatic carbocycles. The summed E-state index contributed by atoms with van der Waals surface area (Å²) < 4.78 is 0. The quantitative estimate of drug-likeness (QED) is 0.859. The first kappa shape index (κ1) is 14.8. The van der Waals surface area contributed by atoms with E-state index in [2.05, 4.69) is 25.0 Å². The second kappa shape index (κ2) is 6.08. The van der Waals surface area contributed by atoms with Crippen molar-refractivity contribution in [2.24, 2.45) is 11.8 Å². The maximum atomic E-state index is 4.41. The number of nitrogens with zero attached hydrogens (tertiary/aromatic N) is 5. The van der Waals surface area contributed by atoms with E-state index in [0.29, 0.717) is 0 Å². The molecule has 3 atom stereocenters. The molecule has 0 radical (unpaired) electrons. The Bertz CT molecular complexity index is 694. The van der Waals surface area contributed by atoms with Crippen LogP contribution in [0.25, 0.3) is 10.7 Å². The van der Waals surface area contributed by atoms with Gasteiger partial charge in [-0.25, -0.2) is 0 Å². The second-order valence-corrected chi connectivity index (χ2v) is 8.33. The van der Waals surface area contributed by atoms with Crippen LogP contribution in [0, 0.1) is 11.8 Å². The van der Waals surface area contributed by atoms with E-state index in [1.807, 2.05) is 24.4 Å². The zero-order valence-electron chi connectivity index (χ0n) is 13.8. The summed E-state index contributed by atoms with van der Waals surface area (Å²) >= 11 is 1.66. The van der Waals surface area contributed by atoms with Crippen molar-refractivity contribution in [2.75, 3.05) is 31.1 Å². The van der Waals surface area contributed by atoms with Crippen LogP contribution in [0.5, 0.6) is 0 Å². The Labute approximate surface area is 146 Å². The predicted molar refractivity (Wildman–Crippen MR) is 96.2 cm³/mol. The first-order chi connectivity index (χ1) is 11.9. The topological polar surface area (TPSA) is 45.2 Å². The lowest BCUT2D eigenvalue weighted by Crippen LogP contribution is -2.51. The van der Waals surface area contributed by atoms with E-state index in [0.717, 1.165) is 46.8 Å². The number of hydrogen-bond acceptors (Lipinski definition) is 6. The van der Waals surface area contributed by atoms with Crippen molar-refractivity contribution >= 4 is 16.5 Å². The second-order valence-electron chi connectivity index (χ2n) is 7.37. The normalized spacial score (nSPS) is 30.2. The number of hydrogen-bond donors (Lipinski definition) is 0. The standard InChI is InChI=1S/C18H23N5S/c1-2-6-19-15(3-1)17-20-21-18(24-17)23-9-7-22(8-10-23)16-12-13-4-5-14(16)11-13/h1-3,6,13-14,16H,4-5,7-12H2. The molecule has 3 unspecified atom stereocenters. The molecule has 3 fully saturated rings. The van der Waals surface area contributed by atoms with Crippen molar-refractivity contribution in [1.82, 2.24) is 20.1 Å². The smallest absolute Gasteiger partial charge is 0.208 e. The third kappa shape index (κ3) is 2.62. The van der Waals surface area contributed by atoms with E-state index >= 15 is 0 Å². The molecule has 0 N–H and O–H groups in total. The average Bonchev–Trinajstić information content (AvgIpc) is 3.39. The van der Waals surface area contributed by atoms with Crippen molar-refractivity contribution in [2.45, 2.75) is 31.7 Å². The Balaban J connectivity index is 1.23. The van der Waals surface area contributed by atoms with E-state index in [-0.39, 0.29) is 0 Å². The molecule has 5 rings (SSSR count). The Hall–Kier alpha value is -1.53. The van der Waals surface area contributed by atoms with Gasteiger partial charge in [0.1, 0.15) is 5.69 Å². The highest BCUT2D eigenvalue weighted by atomic mass is 32.1. The molecule has 0 aromatic carbocycles. The van der Waals surface area contributed by atoms with Gasteiger partial charge in [-0.1, -0.05) is 23.8 Å². The summed E-state index contributed by atoms with van der Waals surface area (Å²) in [5, 5.41) is 10.7. The lowest BCUT2D eigenvalue weighted by Gasteiger charge is -2.40. The van der Waals surface area contributed by atoms with Crippen LogP contribution in [0.4, 0.5) is 5.13 Å². The summed E-state index contributed by atoms with van der Waals surface area (Å²) in [4.78, 5) is 9.52. The highest BCUT2D eigenvalue weighted by molar-refractivity contribution is 7.18. The molecule has 2 aromatic heterocycles. The number of piperazine rings is 1. The van der Waals surface area contributed by atoms with Crippen LogP contribution in [0.1, 0.15) is 25.7 Å². The number of aromatic nitrogens is 3. The van der Waals surface area contributed by atoms with Gasteiger partial charge in [0, 0.05) is 38.4 Å². The van der Waals surface area contributed by atoms with Crippen molar-refractivity contribution in [3.63, 3.8) is 0 Å². The van der Waals surface area contributed by atoms with E-state index in [4.69, 9.17) is 0 Å². The molecule has 126 valence electrons. The zero-order valence-corrected chi connectivity index (χ0v) is 14.7. The highest BCUT2D eigenvalue weighted by Crippen LogP contribution is 2.46. The van der Waals surface area contributed by atoms with Gasteiger partial charge >= 0.3 is 0 Å². The van der Waals surface area contributed by atoms with Crippen LogP contribution in [0.2, 0.25) is 0 Å². The lowest BCUT2D eigenvalue weighted by atomic mass is 9.93. The molecule has 2 bridgehead atoms. The average molecular weight is 341 g/mol. The largest absolute Gasteiger partial charge is 0.344 e. The maximum Gasteiger partial charge on any atom is 0.208 e. The van der Waals surface area contributed by atoms with Gasteiger partial charge in [0.15, 0.2) is 5.01 Å². The van der Waals surface area contributed by atoms with Gasteiger partial charge in [-0.05, 0) is 43.2 Å². The Morgan fingerprint density at radius 1 is 1.00 bits per heavy atom. The van der Waals surface area contributed by atoms with Gasteiger partial charge in [0.2, 0.25) is 5.13 Å². The maximum absolute atomic E-state index is 4.41. The summed E-state index contributed by atoms with van der Waals surface area (Å²) in [6.45, 7) is 4.49. The van der Waals surface area contributed by atoms with Crippen LogP contribution >= 0.6 is 11.3 Å². The van der Waals surface area contributed by atoms with Gasteiger partial charge in [0.05, 0.1) is 0 Å². The zero-order chi connectivity index (χ0) is 15.9. The monoisotopic (exact) mass is 341 g/mol. The molecule has 1 saturated heterocycles. The molecule has 0 spiro atoms. The van der Waals surface area contributed by atoms with Gasteiger partial charge < -0.3 is 4.90 Å². The van der Waals surface area contributed by atoms with E-state index in [1.165, 1.54) is 38.8 Å². The SMILES string of the molecule is c1ccc(-c2nnc(N3CCN(C4CC5CCC4C5)CC3)s2)nc1.